The SMILES string of the molecule is Cc1ccc(S(=O)(=O)O)c(C=Cc2ccccc2)c1. The number of hydrogen-bond donors (Lipinski definition) is 1. The van der Waals surface area contributed by atoms with E-state index in [0.717, 1.165) is 11.1 Å². The molecule has 0 fully saturated rings. The molecule has 0 aliphatic heterocycles. The minimum absolute atomic E-state index is 0.0784. The molecule has 0 amide bonds. The molecule has 4 heteroatoms. The summed E-state index contributed by atoms with van der Waals surface area (Å²) in [6.07, 6.45) is 3.49. The largest absolute Gasteiger partial charge is 0.295 e. The van der Waals surface area contributed by atoms with E-state index in [1.165, 1.54) is 6.07 Å². The Morgan fingerprint density at radius 3 is 2.32 bits per heavy atom. The molecule has 0 radical (unpaired) electrons. The van der Waals surface area contributed by atoms with E-state index >= 15 is 0 Å². The number of benzene rings is 2. The fourth-order valence-corrected chi connectivity index (χ4v) is 2.45. The molecule has 0 saturated carbocycles. The van der Waals surface area contributed by atoms with Crippen LogP contribution < -0.4 is 0 Å². The molecule has 98 valence electrons. The molecule has 0 bridgehead atoms. The summed E-state index contributed by atoms with van der Waals surface area (Å²) < 4.78 is 31.8. The van der Waals surface area contributed by atoms with Gasteiger partial charge >= 0.3 is 0 Å². The normalized spacial score (nSPS) is 11.9. The van der Waals surface area contributed by atoms with Gasteiger partial charge in [-0.1, -0.05) is 60.2 Å². The van der Waals surface area contributed by atoms with E-state index < -0.39 is 10.1 Å². The highest BCUT2D eigenvalue weighted by Crippen LogP contribution is 2.19. The van der Waals surface area contributed by atoms with E-state index in [4.69, 9.17) is 0 Å². The summed E-state index contributed by atoms with van der Waals surface area (Å²) in [5.41, 5.74) is 2.37. The summed E-state index contributed by atoms with van der Waals surface area (Å²) in [7, 11) is -4.21. The quantitative estimate of drug-likeness (QED) is 0.689. The van der Waals surface area contributed by atoms with Gasteiger partial charge in [-0.2, -0.15) is 8.42 Å². The minimum Gasteiger partial charge on any atom is -0.282 e. The first-order chi connectivity index (χ1) is 8.97. The predicted molar refractivity (Wildman–Crippen MR) is 76.4 cm³/mol. The maximum Gasteiger partial charge on any atom is 0.295 e. The zero-order valence-corrected chi connectivity index (χ0v) is 11.3. The first-order valence-electron chi connectivity index (χ1n) is 5.78. The van der Waals surface area contributed by atoms with Crippen LogP contribution in [0.25, 0.3) is 12.2 Å². The molecule has 0 atom stereocenters. The van der Waals surface area contributed by atoms with Crippen LogP contribution in [0.15, 0.2) is 53.4 Å². The molecular formula is C15H14O3S. The fraction of sp³-hybridized carbons (Fsp3) is 0.0667. The Kier molecular flexibility index (Phi) is 3.83. The van der Waals surface area contributed by atoms with Crippen molar-refractivity contribution >= 4 is 22.3 Å². The first-order valence-corrected chi connectivity index (χ1v) is 7.22. The lowest BCUT2D eigenvalue weighted by Gasteiger charge is -2.04. The molecule has 0 heterocycles. The number of rotatable bonds is 3. The maximum absolute atomic E-state index is 11.3. The monoisotopic (exact) mass is 274 g/mol. The van der Waals surface area contributed by atoms with Gasteiger partial charge in [0.15, 0.2) is 0 Å². The van der Waals surface area contributed by atoms with Crippen LogP contribution in [-0.2, 0) is 10.1 Å². The van der Waals surface area contributed by atoms with Gasteiger partial charge in [0, 0.05) is 0 Å². The Morgan fingerprint density at radius 1 is 1.00 bits per heavy atom. The summed E-state index contributed by atoms with van der Waals surface area (Å²) in [5.74, 6) is 0. The molecule has 19 heavy (non-hydrogen) atoms. The summed E-state index contributed by atoms with van der Waals surface area (Å²) in [4.78, 5) is -0.0784. The highest BCUT2D eigenvalue weighted by atomic mass is 32.2. The molecule has 3 nitrogen and oxygen atoms in total. The molecule has 0 aliphatic rings. The second kappa shape index (κ2) is 5.38. The van der Waals surface area contributed by atoms with Gasteiger partial charge in [-0.05, 0) is 24.1 Å². The van der Waals surface area contributed by atoms with Gasteiger partial charge in [0.2, 0.25) is 0 Å². The Bertz CT molecular complexity index is 701. The first kappa shape index (κ1) is 13.5. The van der Waals surface area contributed by atoms with Crippen LogP contribution in [0.4, 0.5) is 0 Å². The van der Waals surface area contributed by atoms with Crippen molar-refractivity contribution in [1.82, 2.24) is 0 Å². The van der Waals surface area contributed by atoms with E-state index in [-0.39, 0.29) is 4.90 Å². The zero-order valence-electron chi connectivity index (χ0n) is 10.4. The molecule has 2 aromatic rings. The summed E-state index contributed by atoms with van der Waals surface area (Å²) in [5, 5.41) is 0. The van der Waals surface area contributed by atoms with Crippen LogP contribution >= 0.6 is 0 Å². The molecule has 0 unspecified atom stereocenters. The molecule has 0 aromatic heterocycles. The van der Waals surface area contributed by atoms with Crippen LogP contribution in [0.1, 0.15) is 16.7 Å². The Balaban J connectivity index is 2.45. The second-order valence-corrected chi connectivity index (χ2v) is 5.65. The van der Waals surface area contributed by atoms with Crippen molar-refractivity contribution in [1.29, 1.82) is 0 Å². The molecule has 2 aromatic carbocycles. The van der Waals surface area contributed by atoms with Crippen LogP contribution in [0.3, 0.4) is 0 Å². The van der Waals surface area contributed by atoms with Gasteiger partial charge in [-0.3, -0.25) is 4.55 Å². The van der Waals surface area contributed by atoms with Crippen LogP contribution in [0.5, 0.6) is 0 Å². The van der Waals surface area contributed by atoms with Crippen molar-refractivity contribution in [3.63, 3.8) is 0 Å². The summed E-state index contributed by atoms with van der Waals surface area (Å²) >= 11 is 0. The van der Waals surface area contributed by atoms with Gasteiger partial charge in [-0.25, -0.2) is 0 Å². The van der Waals surface area contributed by atoms with Gasteiger partial charge < -0.3 is 0 Å². The zero-order chi connectivity index (χ0) is 13.9. The number of hydrogen-bond acceptors (Lipinski definition) is 2. The van der Waals surface area contributed by atoms with Crippen molar-refractivity contribution in [2.24, 2.45) is 0 Å². The number of aryl methyl sites for hydroxylation is 1. The second-order valence-electron chi connectivity index (χ2n) is 4.26. The van der Waals surface area contributed by atoms with E-state index in [0.29, 0.717) is 5.56 Å². The van der Waals surface area contributed by atoms with E-state index in [1.54, 1.807) is 18.2 Å². The van der Waals surface area contributed by atoms with Gasteiger partial charge in [0.1, 0.15) is 4.90 Å². The third-order valence-electron chi connectivity index (χ3n) is 2.70. The lowest BCUT2D eigenvalue weighted by Crippen LogP contribution is -2.00. The third-order valence-corrected chi connectivity index (χ3v) is 3.63. The van der Waals surface area contributed by atoms with E-state index in [2.05, 4.69) is 0 Å². The van der Waals surface area contributed by atoms with Crippen LogP contribution in [-0.4, -0.2) is 13.0 Å². The molecule has 0 saturated heterocycles. The van der Waals surface area contributed by atoms with Gasteiger partial charge in [0.05, 0.1) is 0 Å². The highest BCUT2D eigenvalue weighted by Gasteiger charge is 2.13. The summed E-state index contributed by atoms with van der Waals surface area (Å²) in [6.45, 7) is 1.87. The van der Waals surface area contributed by atoms with Gasteiger partial charge in [0.25, 0.3) is 10.1 Å². The average Bonchev–Trinajstić information content (AvgIpc) is 2.36. The average molecular weight is 274 g/mol. The van der Waals surface area contributed by atoms with Crippen LogP contribution in [0, 0.1) is 6.92 Å². The summed E-state index contributed by atoms with van der Waals surface area (Å²) in [6, 6.07) is 14.3. The fourth-order valence-electron chi connectivity index (χ4n) is 1.78. The molecular weight excluding hydrogens is 260 g/mol. The van der Waals surface area contributed by atoms with Crippen molar-refractivity contribution < 1.29 is 13.0 Å². The van der Waals surface area contributed by atoms with Crippen molar-refractivity contribution in [2.45, 2.75) is 11.8 Å². The van der Waals surface area contributed by atoms with Gasteiger partial charge in [-0.15, -0.1) is 0 Å². The van der Waals surface area contributed by atoms with Crippen LogP contribution in [0.2, 0.25) is 0 Å². The molecule has 0 aliphatic carbocycles. The lowest BCUT2D eigenvalue weighted by molar-refractivity contribution is 0.483. The Hall–Kier alpha value is -1.91. The van der Waals surface area contributed by atoms with Crippen molar-refractivity contribution in [2.75, 3.05) is 0 Å². The molecule has 2 rings (SSSR count). The molecule has 1 N–H and O–H groups in total. The highest BCUT2D eigenvalue weighted by molar-refractivity contribution is 7.85. The third kappa shape index (κ3) is 3.53. The minimum atomic E-state index is -4.21. The van der Waals surface area contributed by atoms with Crippen molar-refractivity contribution in [3.8, 4) is 0 Å². The Morgan fingerprint density at radius 2 is 1.68 bits per heavy atom. The van der Waals surface area contributed by atoms with E-state index in [9.17, 15) is 13.0 Å². The molecule has 0 spiro atoms. The standard InChI is InChI=1S/C15H14O3S/c1-12-7-10-15(19(16,17)18)14(11-12)9-8-13-5-3-2-4-6-13/h2-11H,1H3,(H,16,17,18). The van der Waals surface area contributed by atoms with E-state index in [1.807, 2.05) is 43.3 Å². The maximum atomic E-state index is 11.3. The Labute approximate surface area is 113 Å². The topological polar surface area (TPSA) is 54.4 Å². The predicted octanol–water partition coefficient (Wildman–Crippen LogP) is 3.41. The lowest BCUT2D eigenvalue weighted by atomic mass is 10.1. The van der Waals surface area contributed by atoms with Crippen molar-refractivity contribution in [3.05, 3.63) is 65.2 Å². The smallest absolute Gasteiger partial charge is 0.282 e.